The summed E-state index contributed by atoms with van der Waals surface area (Å²) in [5, 5.41) is 12.3. The van der Waals surface area contributed by atoms with Crippen molar-refractivity contribution in [3.8, 4) is 11.1 Å². The summed E-state index contributed by atoms with van der Waals surface area (Å²) in [5.41, 5.74) is -0.284. The number of nitrogens with zero attached hydrogens (tertiary/aromatic N) is 2. The topological polar surface area (TPSA) is 88.8 Å². The highest BCUT2D eigenvalue weighted by molar-refractivity contribution is 5.96. The monoisotopic (exact) mass is 562 g/mol. The number of carbonyl (C=O) groups excluding carboxylic acids is 2. The van der Waals surface area contributed by atoms with Crippen LogP contribution in [0.2, 0.25) is 0 Å². The lowest BCUT2D eigenvalue weighted by atomic mass is 9.65. The largest absolute Gasteiger partial charge is 0.462 e. The zero-order chi connectivity index (χ0) is 29.0. The zero-order valence-electron chi connectivity index (χ0n) is 24.8. The lowest BCUT2D eigenvalue weighted by molar-refractivity contribution is -0.163. The van der Waals surface area contributed by atoms with Crippen LogP contribution in [0.15, 0.2) is 47.4 Å². The number of amides is 1. The van der Waals surface area contributed by atoms with Crippen LogP contribution in [0.5, 0.6) is 0 Å². The summed E-state index contributed by atoms with van der Waals surface area (Å²) in [6.45, 7) is 5.15. The maximum Gasteiger partial charge on any atom is 0.340 e. The van der Waals surface area contributed by atoms with E-state index in [0.29, 0.717) is 36.6 Å². The third-order valence-electron chi connectivity index (χ3n) is 10.1. The van der Waals surface area contributed by atoms with E-state index in [9.17, 15) is 19.5 Å². The van der Waals surface area contributed by atoms with Gasteiger partial charge in [0.2, 0.25) is 5.91 Å². The fraction of sp³-hybridized carbons (Fsp3) is 0.618. The van der Waals surface area contributed by atoms with Crippen LogP contribution in [-0.2, 0) is 16.1 Å². The van der Waals surface area contributed by atoms with Crippen molar-refractivity contribution in [3.05, 3.63) is 58.5 Å². The number of pyridine rings is 1. The molecule has 2 atom stereocenters. The van der Waals surface area contributed by atoms with E-state index in [0.717, 1.165) is 37.7 Å². The van der Waals surface area contributed by atoms with Crippen molar-refractivity contribution < 1.29 is 19.4 Å². The summed E-state index contributed by atoms with van der Waals surface area (Å²) in [4.78, 5) is 42.1. The van der Waals surface area contributed by atoms with Crippen LogP contribution < -0.4 is 5.56 Å². The van der Waals surface area contributed by atoms with E-state index in [4.69, 9.17) is 4.74 Å². The Kier molecular flexibility index (Phi) is 9.03. The first-order valence-corrected chi connectivity index (χ1v) is 15.7. The van der Waals surface area contributed by atoms with Gasteiger partial charge in [0.05, 0.1) is 24.3 Å². The zero-order valence-corrected chi connectivity index (χ0v) is 24.8. The minimum absolute atomic E-state index is 0.0111. The van der Waals surface area contributed by atoms with Gasteiger partial charge in [0.1, 0.15) is 0 Å². The predicted octanol–water partition coefficient (Wildman–Crippen LogP) is 5.82. The van der Waals surface area contributed by atoms with Crippen molar-refractivity contribution in [2.45, 2.75) is 96.6 Å². The fourth-order valence-corrected chi connectivity index (χ4v) is 7.83. The van der Waals surface area contributed by atoms with Crippen LogP contribution in [0.25, 0.3) is 11.1 Å². The van der Waals surface area contributed by atoms with Gasteiger partial charge in [-0.15, -0.1) is 0 Å². The van der Waals surface area contributed by atoms with Crippen molar-refractivity contribution in [2.24, 2.45) is 17.3 Å². The van der Waals surface area contributed by atoms with Gasteiger partial charge < -0.3 is 19.3 Å². The molecule has 2 saturated carbocycles. The lowest BCUT2D eigenvalue weighted by Crippen LogP contribution is -2.62. The summed E-state index contributed by atoms with van der Waals surface area (Å²) in [6, 6.07) is 10.8. The average Bonchev–Trinajstić information content (AvgIpc) is 3.46. The van der Waals surface area contributed by atoms with Crippen molar-refractivity contribution >= 4 is 11.9 Å². The Bertz CT molecular complexity index is 1280. The lowest BCUT2D eigenvalue weighted by Gasteiger charge is -2.53. The third-order valence-corrected chi connectivity index (χ3v) is 10.1. The molecule has 3 fully saturated rings. The van der Waals surface area contributed by atoms with Crippen molar-refractivity contribution in [1.82, 2.24) is 9.47 Å². The molecule has 41 heavy (non-hydrogen) atoms. The van der Waals surface area contributed by atoms with Crippen LogP contribution in [0.1, 0.15) is 94.8 Å². The van der Waals surface area contributed by atoms with E-state index in [1.165, 1.54) is 42.7 Å². The molecule has 1 spiro atoms. The van der Waals surface area contributed by atoms with Gasteiger partial charge in [-0.05, 0) is 44.1 Å². The Morgan fingerprint density at radius 1 is 1.05 bits per heavy atom. The summed E-state index contributed by atoms with van der Waals surface area (Å²) < 4.78 is 6.84. The van der Waals surface area contributed by atoms with Crippen LogP contribution in [0, 0.1) is 17.3 Å². The standard InChI is InChI=1S/C34H46N2O5/c1-3-41-32(39)29-22-36(30(37)21-28(29)27-14-8-5-9-15-27)24-34(40)18-19-35(23-33(34)16-10-11-17-33)31(38)25(2)20-26-12-6-4-7-13-26/h5,8-9,14-15,21-22,25-26,40H,3-4,6-7,10-13,16-20,23-24H2,1-2H3/t25-,34?/m1/s1. The molecule has 2 aromatic rings. The number of hydrogen-bond donors (Lipinski definition) is 1. The Balaban J connectivity index is 1.39. The van der Waals surface area contributed by atoms with Crippen LogP contribution in [0.3, 0.4) is 0 Å². The quantitative estimate of drug-likeness (QED) is 0.410. The number of benzene rings is 1. The number of ether oxygens (including phenoxy) is 1. The van der Waals surface area contributed by atoms with Gasteiger partial charge in [0, 0.05) is 42.2 Å². The first-order valence-electron chi connectivity index (χ1n) is 15.7. The van der Waals surface area contributed by atoms with Crippen molar-refractivity contribution in [1.29, 1.82) is 0 Å². The Hall–Kier alpha value is -2.93. The van der Waals surface area contributed by atoms with Gasteiger partial charge in [-0.3, -0.25) is 9.59 Å². The number of piperidine rings is 1. The maximum atomic E-state index is 13.6. The molecule has 1 aromatic carbocycles. The van der Waals surface area contributed by atoms with Crippen LogP contribution in [0.4, 0.5) is 0 Å². The van der Waals surface area contributed by atoms with E-state index in [1.807, 2.05) is 35.2 Å². The fourth-order valence-electron chi connectivity index (χ4n) is 7.83. The Morgan fingerprint density at radius 3 is 2.44 bits per heavy atom. The van der Waals surface area contributed by atoms with Gasteiger partial charge in [0.25, 0.3) is 5.56 Å². The molecule has 5 rings (SSSR count). The third kappa shape index (κ3) is 6.15. The molecular weight excluding hydrogens is 516 g/mol. The smallest absolute Gasteiger partial charge is 0.340 e. The second kappa shape index (κ2) is 12.5. The SMILES string of the molecule is CCOC(=O)c1cn(CC2(O)CCN(C(=O)[C@H](C)CC3CCCCC3)CC23CCCC3)c(=O)cc1-c1ccccc1. The number of esters is 1. The average molecular weight is 563 g/mol. The number of rotatable bonds is 8. The van der Waals surface area contributed by atoms with Crippen molar-refractivity contribution in [3.63, 3.8) is 0 Å². The molecule has 1 amide bonds. The van der Waals surface area contributed by atoms with E-state index in [-0.39, 0.29) is 30.5 Å². The Labute approximate surface area is 243 Å². The molecular formula is C34H46N2O5. The van der Waals surface area contributed by atoms with Gasteiger partial charge in [-0.2, -0.15) is 0 Å². The maximum absolute atomic E-state index is 13.6. The van der Waals surface area contributed by atoms with Gasteiger partial charge in [-0.1, -0.05) is 82.2 Å². The van der Waals surface area contributed by atoms with E-state index in [2.05, 4.69) is 6.92 Å². The van der Waals surface area contributed by atoms with Gasteiger partial charge in [-0.25, -0.2) is 4.79 Å². The summed E-state index contributed by atoms with van der Waals surface area (Å²) in [6.07, 6.45) is 12.9. The summed E-state index contributed by atoms with van der Waals surface area (Å²) in [7, 11) is 0. The van der Waals surface area contributed by atoms with Crippen LogP contribution in [-0.4, -0.2) is 51.7 Å². The summed E-state index contributed by atoms with van der Waals surface area (Å²) in [5.74, 6) is 0.347. The molecule has 1 aromatic heterocycles. The molecule has 2 aliphatic carbocycles. The molecule has 0 bridgehead atoms. The number of aromatic nitrogens is 1. The molecule has 7 heteroatoms. The minimum atomic E-state index is -1.16. The second-order valence-electron chi connectivity index (χ2n) is 12.8. The van der Waals surface area contributed by atoms with Crippen molar-refractivity contribution in [2.75, 3.05) is 19.7 Å². The molecule has 3 aliphatic rings. The number of carbonyl (C=O) groups is 2. The highest BCUT2D eigenvalue weighted by Gasteiger charge is 2.55. The van der Waals surface area contributed by atoms with E-state index in [1.54, 1.807) is 13.1 Å². The molecule has 222 valence electrons. The highest BCUT2D eigenvalue weighted by atomic mass is 16.5. The number of aliphatic hydroxyl groups is 1. The molecule has 1 saturated heterocycles. The molecule has 1 aliphatic heterocycles. The summed E-state index contributed by atoms with van der Waals surface area (Å²) >= 11 is 0. The first kappa shape index (κ1) is 29.6. The Morgan fingerprint density at radius 2 is 1.76 bits per heavy atom. The minimum Gasteiger partial charge on any atom is -0.462 e. The van der Waals surface area contributed by atoms with E-state index >= 15 is 0 Å². The van der Waals surface area contributed by atoms with Crippen LogP contribution >= 0.6 is 0 Å². The van der Waals surface area contributed by atoms with Gasteiger partial charge in [0.15, 0.2) is 0 Å². The second-order valence-corrected chi connectivity index (χ2v) is 12.8. The van der Waals surface area contributed by atoms with Gasteiger partial charge >= 0.3 is 5.97 Å². The first-order chi connectivity index (χ1) is 19.7. The number of hydrogen-bond acceptors (Lipinski definition) is 5. The molecule has 7 nitrogen and oxygen atoms in total. The molecule has 1 N–H and O–H groups in total. The molecule has 0 radical (unpaired) electrons. The molecule has 2 heterocycles. The number of likely N-dealkylation sites (tertiary alicyclic amines) is 1. The predicted molar refractivity (Wildman–Crippen MR) is 159 cm³/mol. The normalized spacial score (nSPS) is 23.4. The molecule has 1 unspecified atom stereocenters. The highest BCUT2D eigenvalue weighted by Crippen LogP contribution is 2.52. The van der Waals surface area contributed by atoms with E-state index < -0.39 is 17.0 Å².